The minimum atomic E-state index is -3.89. The highest BCUT2D eigenvalue weighted by atomic mass is 35.5. The molecule has 3 aromatic rings. The third-order valence-electron chi connectivity index (χ3n) is 3.62. The number of nitrogens with one attached hydrogen (secondary N) is 3. The van der Waals surface area contributed by atoms with Gasteiger partial charge in [0.1, 0.15) is 0 Å². The summed E-state index contributed by atoms with van der Waals surface area (Å²) < 4.78 is 27.6. The molecule has 0 aromatic heterocycles. The van der Waals surface area contributed by atoms with Crippen molar-refractivity contribution in [3.63, 3.8) is 0 Å². The molecule has 3 rings (SSSR count). The molecule has 0 unspecified atom stereocenters. The van der Waals surface area contributed by atoms with E-state index in [1.807, 2.05) is 18.2 Å². The molecule has 3 aromatic carbocycles. The number of benzene rings is 3. The Balaban J connectivity index is 1.76. The minimum absolute atomic E-state index is 0.0465. The van der Waals surface area contributed by atoms with Gasteiger partial charge in [0.05, 0.1) is 21.3 Å². The van der Waals surface area contributed by atoms with E-state index in [4.69, 9.17) is 11.6 Å². The summed E-state index contributed by atoms with van der Waals surface area (Å²) in [5.41, 5.74) is 6.46. The standard InChI is InChI=1S/C19H16ClN3O3S/c20-17-11-4-5-12-18(17)23-27(25,26)16-10-6-7-14(13-16)19(24)22-21-15-8-2-1-3-9-15/h1-13,21,23H,(H,22,24). The molecule has 1 amide bonds. The lowest BCUT2D eigenvalue weighted by Crippen LogP contribution is -2.29. The number of amides is 1. The van der Waals surface area contributed by atoms with Crippen LogP contribution in [0.1, 0.15) is 10.4 Å². The van der Waals surface area contributed by atoms with Gasteiger partial charge in [0, 0.05) is 5.56 Å². The molecule has 6 nitrogen and oxygen atoms in total. The SMILES string of the molecule is O=C(NNc1ccccc1)c1cccc(S(=O)(=O)Nc2ccccc2Cl)c1. The van der Waals surface area contributed by atoms with Gasteiger partial charge in [-0.3, -0.25) is 20.4 Å². The Kier molecular flexibility index (Phi) is 5.63. The first-order chi connectivity index (χ1) is 13.0. The molecule has 27 heavy (non-hydrogen) atoms. The number of hydrazine groups is 1. The van der Waals surface area contributed by atoms with Crippen LogP contribution in [0.15, 0.2) is 83.8 Å². The fourth-order valence-corrected chi connectivity index (χ4v) is 3.64. The quantitative estimate of drug-likeness (QED) is 0.547. The third-order valence-corrected chi connectivity index (χ3v) is 5.31. The van der Waals surface area contributed by atoms with E-state index in [1.165, 1.54) is 24.3 Å². The molecule has 0 aliphatic carbocycles. The van der Waals surface area contributed by atoms with Gasteiger partial charge < -0.3 is 0 Å². The summed E-state index contributed by atoms with van der Waals surface area (Å²) in [6.45, 7) is 0. The molecule has 0 spiro atoms. The van der Waals surface area contributed by atoms with Gasteiger partial charge >= 0.3 is 0 Å². The van der Waals surface area contributed by atoms with Crippen molar-refractivity contribution in [1.82, 2.24) is 5.43 Å². The number of para-hydroxylation sites is 2. The second-order valence-electron chi connectivity index (χ2n) is 5.56. The van der Waals surface area contributed by atoms with E-state index in [0.717, 1.165) is 0 Å². The van der Waals surface area contributed by atoms with Crippen LogP contribution in [0.4, 0.5) is 11.4 Å². The van der Waals surface area contributed by atoms with Gasteiger partial charge in [0.15, 0.2) is 0 Å². The molecule has 0 saturated heterocycles. The molecule has 138 valence electrons. The zero-order valence-electron chi connectivity index (χ0n) is 14.0. The van der Waals surface area contributed by atoms with E-state index in [0.29, 0.717) is 5.69 Å². The predicted octanol–water partition coefficient (Wildman–Crippen LogP) is 3.90. The number of hydrogen-bond donors (Lipinski definition) is 3. The van der Waals surface area contributed by atoms with Crippen LogP contribution in [-0.2, 0) is 10.0 Å². The Labute approximate surface area is 162 Å². The topological polar surface area (TPSA) is 87.3 Å². The second-order valence-corrected chi connectivity index (χ2v) is 7.65. The van der Waals surface area contributed by atoms with Gasteiger partial charge in [-0.2, -0.15) is 0 Å². The summed E-state index contributed by atoms with van der Waals surface area (Å²) in [4.78, 5) is 12.3. The van der Waals surface area contributed by atoms with E-state index in [1.54, 1.807) is 36.4 Å². The number of carbonyl (C=O) groups is 1. The van der Waals surface area contributed by atoms with Crippen LogP contribution in [0.3, 0.4) is 0 Å². The lowest BCUT2D eigenvalue weighted by Gasteiger charge is -2.11. The number of hydrogen-bond acceptors (Lipinski definition) is 4. The normalized spacial score (nSPS) is 10.9. The predicted molar refractivity (Wildman–Crippen MR) is 106 cm³/mol. The van der Waals surface area contributed by atoms with Crippen molar-refractivity contribution in [3.05, 3.63) is 89.4 Å². The molecule has 0 heterocycles. The van der Waals surface area contributed by atoms with Crippen molar-refractivity contribution >= 4 is 38.9 Å². The first-order valence-corrected chi connectivity index (χ1v) is 9.81. The average Bonchev–Trinajstić information content (AvgIpc) is 2.69. The minimum Gasteiger partial charge on any atom is -0.298 e. The summed E-state index contributed by atoms with van der Waals surface area (Å²) in [5, 5.41) is 0.280. The van der Waals surface area contributed by atoms with Gasteiger partial charge in [0.2, 0.25) is 0 Å². The molecule has 0 aliphatic heterocycles. The monoisotopic (exact) mass is 401 g/mol. The molecule has 3 N–H and O–H groups in total. The second kappa shape index (κ2) is 8.11. The Morgan fingerprint density at radius 1 is 0.852 bits per heavy atom. The highest BCUT2D eigenvalue weighted by Crippen LogP contribution is 2.24. The van der Waals surface area contributed by atoms with E-state index < -0.39 is 15.9 Å². The number of sulfonamides is 1. The maximum Gasteiger partial charge on any atom is 0.269 e. The smallest absolute Gasteiger partial charge is 0.269 e. The summed E-state index contributed by atoms with van der Waals surface area (Å²) in [5.74, 6) is -0.464. The van der Waals surface area contributed by atoms with Gasteiger partial charge in [-0.15, -0.1) is 0 Å². The number of rotatable bonds is 6. The molecule has 0 aliphatic rings. The molecule has 0 atom stereocenters. The summed E-state index contributed by atoms with van der Waals surface area (Å²) in [7, 11) is -3.89. The first-order valence-electron chi connectivity index (χ1n) is 7.94. The Hall–Kier alpha value is -3.03. The summed E-state index contributed by atoms with van der Waals surface area (Å²) in [6, 6.07) is 21.3. The van der Waals surface area contributed by atoms with E-state index in [-0.39, 0.29) is 21.2 Å². The third kappa shape index (κ3) is 4.78. The van der Waals surface area contributed by atoms with Gasteiger partial charge in [-0.05, 0) is 42.5 Å². The largest absolute Gasteiger partial charge is 0.298 e. The Morgan fingerprint density at radius 3 is 2.30 bits per heavy atom. The van der Waals surface area contributed by atoms with Crippen molar-refractivity contribution in [2.75, 3.05) is 10.1 Å². The van der Waals surface area contributed by atoms with Crippen molar-refractivity contribution in [1.29, 1.82) is 0 Å². The van der Waals surface area contributed by atoms with Crippen LogP contribution < -0.4 is 15.6 Å². The zero-order valence-corrected chi connectivity index (χ0v) is 15.6. The molecular formula is C19H16ClN3O3S. The van der Waals surface area contributed by atoms with E-state index >= 15 is 0 Å². The van der Waals surface area contributed by atoms with E-state index in [2.05, 4.69) is 15.6 Å². The van der Waals surface area contributed by atoms with Crippen LogP contribution in [0.5, 0.6) is 0 Å². The van der Waals surface area contributed by atoms with E-state index in [9.17, 15) is 13.2 Å². The lowest BCUT2D eigenvalue weighted by molar-refractivity contribution is 0.0962. The maximum atomic E-state index is 12.6. The van der Waals surface area contributed by atoms with Crippen molar-refractivity contribution in [2.24, 2.45) is 0 Å². The van der Waals surface area contributed by atoms with Crippen LogP contribution >= 0.6 is 11.6 Å². The fraction of sp³-hybridized carbons (Fsp3) is 0. The van der Waals surface area contributed by atoms with Crippen LogP contribution in [0.25, 0.3) is 0 Å². The number of carbonyl (C=O) groups excluding carboxylic acids is 1. The first kappa shape index (κ1) is 18.8. The summed E-state index contributed by atoms with van der Waals surface area (Å²) >= 11 is 6.00. The fourth-order valence-electron chi connectivity index (χ4n) is 2.27. The molecular weight excluding hydrogens is 386 g/mol. The molecule has 8 heteroatoms. The molecule has 0 saturated carbocycles. The Bertz CT molecular complexity index is 1060. The molecule has 0 radical (unpaired) electrons. The maximum absolute atomic E-state index is 12.6. The lowest BCUT2D eigenvalue weighted by atomic mass is 10.2. The van der Waals surface area contributed by atoms with Gasteiger partial charge in [-0.25, -0.2) is 8.42 Å². The van der Waals surface area contributed by atoms with Crippen molar-refractivity contribution < 1.29 is 13.2 Å². The van der Waals surface area contributed by atoms with Crippen LogP contribution in [-0.4, -0.2) is 14.3 Å². The van der Waals surface area contributed by atoms with Gasteiger partial charge in [0.25, 0.3) is 15.9 Å². The highest BCUT2D eigenvalue weighted by molar-refractivity contribution is 7.92. The number of halogens is 1. The zero-order chi connectivity index (χ0) is 19.3. The highest BCUT2D eigenvalue weighted by Gasteiger charge is 2.17. The van der Waals surface area contributed by atoms with Crippen molar-refractivity contribution in [3.8, 4) is 0 Å². The van der Waals surface area contributed by atoms with Gasteiger partial charge in [-0.1, -0.05) is 48.0 Å². The average molecular weight is 402 g/mol. The number of anilines is 2. The Morgan fingerprint density at radius 2 is 1.56 bits per heavy atom. The summed E-state index contributed by atoms with van der Waals surface area (Å²) in [6.07, 6.45) is 0. The van der Waals surface area contributed by atoms with Crippen molar-refractivity contribution in [2.45, 2.75) is 4.90 Å². The van der Waals surface area contributed by atoms with Crippen LogP contribution in [0, 0.1) is 0 Å². The van der Waals surface area contributed by atoms with Crippen LogP contribution in [0.2, 0.25) is 5.02 Å². The molecule has 0 bridgehead atoms. The molecule has 0 fully saturated rings.